The van der Waals surface area contributed by atoms with Gasteiger partial charge in [0.15, 0.2) is 0 Å². The van der Waals surface area contributed by atoms with E-state index in [2.05, 4.69) is 46.2 Å². The van der Waals surface area contributed by atoms with Gasteiger partial charge < -0.3 is 18.9 Å². The minimum absolute atomic E-state index is 0.401. The van der Waals surface area contributed by atoms with E-state index >= 15 is 0 Å². The van der Waals surface area contributed by atoms with Crippen LogP contribution in [0.2, 0.25) is 0 Å². The summed E-state index contributed by atoms with van der Waals surface area (Å²) in [6.07, 6.45) is 1.03. The van der Waals surface area contributed by atoms with Crippen molar-refractivity contribution in [2.45, 2.75) is 25.9 Å². The van der Waals surface area contributed by atoms with Crippen molar-refractivity contribution in [1.29, 1.82) is 0 Å². The average molecular weight is 351 g/mol. The van der Waals surface area contributed by atoms with Crippen LogP contribution < -0.4 is 14.4 Å². The number of aromatic nitrogens is 2. The van der Waals surface area contributed by atoms with Crippen molar-refractivity contribution in [3.8, 4) is 22.9 Å². The van der Waals surface area contributed by atoms with E-state index in [1.165, 1.54) is 11.3 Å². The lowest BCUT2D eigenvalue weighted by molar-refractivity contribution is 0.373. The first kappa shape index (κ1) is 16.4. The lowest BCUT2D eigenvalue weighted by Gasteiger charge is -2.22. The molecule has 2 aromatic carbocycles. The SMILES string of the molecule is COc1ccc(-c2noc(CN3c4ccccc4C[C@@H]3C)n2)c(OC)c1. The van der Waals surface area contributed by atoms with Crippen LogP contribution in [-0.2, 0) is 13.0 Å². The summed E-state index contributed by atoms with van der Waals surface area (Å²) in [7, 11) is 3.23. The third kappa shape index (κ3) is 2.87. The first-order valence-electron chi connectivity index (χ1n) is 8.59. The molecule has 0 amide bonds. The third-order valence-electron chi connectivity index (χ3n) is 4.77. The van der Waals surface area contributed by atoms with Crippen molar-refractivity contribution in [2.75, 3.05) is 19.1 Å². The summed E-state index contributed by atoms with van der Waals surface area (Å²) in [5, 5.41) is 4.14. The lowest BCUT2D eigenvalue weighted by Crippen LogP contribution is -2.28. The van der Waals surface area contributed by atoms with Crippen molar-refractivity contribution in [3.05, 3.63) is 53.9 Å². The zero-order valence-electron chi connectivity index (χ0n) is 15.1. The Bertz CT molecular complexity index is 922. The summed E-state index contributed by atoms with van der Waals surface area (Å²) in [6.45, 7) is 2.80. The van der Waals surface area contributed by atoms with Crippen LogP contribution >= 0.6 is 0 Å². The molecule has 0 aliphatic carbocycles. The molecule has 0 N–H and O–H groups in total. The Kier molecular flexibility index (Phi) is 4.24. The highest BCUT2D eigenvalue weighted by Crippen LogP contribution is 2.34. The predicted octanol–water partition coefficient (Wildman–Crippen LogP) is 3.71. The van der Waals surface area contributed by atoms with Crippen LogP contribution in [0.4, 0.5) is 5.69 Å². The van der Waals surface area contributed by atoms with Crippen molar-refractivity contribution < 1.29 is 14.0 Å². The molecule has 134 valence electrons. The van der Waals surface area contributed by atoms with Gasteiger partial charge in [-0.3, -0.25) is 0 Å². The molecule has 0 saturated heterocycles. The number of hydrogen-bond donors (Lipinski definition) is 0. The van der Waals surface area contributed by atoms with Gasteiger partial charge in [0.1, 0.15) is 11.5 Å². The van der Waals surface area contributed by atoms with E-state index in [1.807, 2.05) is 18.2 Å². The number of benzene rings is 2. The maximum atomic E-state index is 5.51. The highest BCUT2D eigenvalue weighted by Gasteiger charge is 2.27. The number of hydrogen-bond acceptors (Lipinski definition) is 6. The van der Waals surface area contributed by atoms with E-state index in [0.717, 1.165) is 17.7 Å². The molecule has 0 bridgehead atoms. The Morgan fingerprint density at radius 1 is 1.15 bits per heavy atom. The molecular formula is C20H21N3O3. The van der Waals surface area contributed by atoms with E-state index in [4.69, 9.17) is 14.0 Å². The molecule has 2 heterocycles. The molecule has 3 aromatic rings. The monoisotopic (exact) mass is 351 g/mol. The molecule has 0 fully saturated rings. The van der Waals surface area contributed by atoms with Crippen LogP contribution in [0.25, 0.3) is 11.4 Å². The van der Waals surface area contributed by atoms with Crippen molar-refractivity contribution in [3.63, 3.8) is 0 Å². The van der Waals surface area contributed by atoms with E-state index in [1.54, 1.807) is 14.2 Å². The molecule has 0 spiro atoms. The topological polar surface area (TPSA) is 60.6 Å². The fraction of sp³-hybridized carbons (Fsp3) is 0.300. The first-order valence-corrected chi connectivity index (χ1v) is 8.59. The fourth-order valence-electron chi connectivity index (χ4n) is 3.43. The van der Waals surface area contributed by atoms with Crippen molar-refractivity contribution >= 4 is 5.69 Å². The van der Waals surface area contributed by atoms with Gasteiger partial charge in [0, 0.05) is 17.8 Å². The Balaban J connectivity index is 1.60. The van der Waals surface area contributed by atoms with Gasteiger partial charge in [0.05, 0.1) is 26.3 Å². The number of ether oxygens (including phenoxy) is 2. The molecule has 1 aromatic heterocycles. The van der Waals surface area contributed by atoms with Gasteiger partial charge in [-0.15, -0.1) is 0 Å². The fourth-order valence-corrected chi connectivity index (χ4v) is 3.43. The van der Waals surface area contributed by atoms with Crippen LogP contribution in [0.1, 0.15) is 18.4 Å². The summed E-state index contributed by atoms with van der Waals surface area (Å²) >= 11 is 0. The number of methoxy groups -OCH3 is 2. The molecule has 1 aliphatic rings. The minimum atomic E-state index is 0.401. The Morgan fingerprint density at radius 2 is 2.00 bits per heavy atom. The van der Waals surface area contributed by atoms with Gasteiger partial charge in [-0.1, -0.05) is 23.4 Å². The molecule has 6 nitrogen and oxygen atoms in total. The van der Waals surface area contributed by atoms with Gasteiger partial charge in [0.25, 0.3) is 0 Å². The van der Waals surface area contributed by atoms with Gasteiger partial charge in [0.2, 0.25) is 11.7 Å². The number of anilines is 1. The van der Waals surface area contributed by atoms with Gasteiger partial charge in [-0.05, 0) is 37.1 Å². The maximum Gasteiger partial charge on any atom is 0.246 e. The van der Waals surface area contributed by atoms with Crippen LogP contribution in [-0.4, -0.2) is 30.4 Å². The zero-order chi connectivity index (χ0) is 18.1. The predicted molar refractivity (Wildman–Crippen MR) is 98.6 cm³/mol. The van der Waals surface area contributed by atoms with Crippen LogP contribution in [0, 0.1) is 0 Å². The van der Waals surface area contributed by atoms with Gasteiger partial charge in [-0.25, -0.2) is 0 Å². The molecule has 4 rings (SSSR count). The molecule has 6 heteroatoms. The normalized spacial score (nSPS) is 15.8. The number of fused-ring (bicyclic) bond motifs is 1. The van der Waals surface area contributed by atoms with E-state index in [0.29, 0.717) is 30.1 Å². The molecule has 1 atom stereocenters. The Hall–Kier alpha value is -3.02. The second kappa shape index (κ2) is 6.71. The number of rotatable bonds is 5. The van der Waals surface area contributed by atoms with E-state index < -0.39 is 0 Å². The Labute approximate surface area is 152 Å². The van der Waals surface area contributed by atoms with Crippen LogP contribution in [0.15, 0.2) is 47.0 Å². The molecule has 0 radical (unpaired) electrons. The quantitative estimate of drug-likeness (QED) is 0.698. The molecule has 26 heavy (non-hydrogen) atoms. The van der Waals surface area contributed by atoms with E-state index in [-0.39, 0.29) is 0 Å². The average Bonchev–Trinajstić information content (AvgIpc) is 3.26. The highest BCUT2D eigenvalue weighted by atomic mass is 16.5. The highest BCUT2D eigenvalue weighted by molar-refractivity contribution is 5.65. The summed E-state index contributed by atoms with van der Waals surface area (Å²) in [5.41, 5.74) is 3.37. The van der Waals surface area contributed by atoms with Crippen molar-refractivity contribution in [1.82, 2.24) is 10.1 Å². The lowest BCUT2D eigenvalue weighted by atomic mass is 10.1. The number of para-hydroxylation sites is 1. The minimum Gasteiger partial charge on any atom is -0.497 e. The van der Waals surface area contributed by atoms with Crippen LogP contribution in [0.3, 0.4) is 0 Å². The second-order valence-corrected chi connectivity index (χ2v) is 6.39. The standard InChI is InChI=1S/C20H21N3O3/c1-13-10-14-6-4-5-7-17(14)23(13)12-19-21-20(22-26-19)16-9-8-15(24-2)11-18(16)25-3/h4-9,11,13H,10,12H2,1-3H3/t13-/m0/s1. The summed E-state index contributed by atoms with van der Waals surface area (Å²) in [4.78, 5) is 6.88. The smallest absolute Gasteiger partial charge is 0.246 e. The Morgan fingerprint density at radius 3 is 2.81 bits per heavy atom. The van der Waals surface area contributed by atoms with Crippen molar-refractivity contribution in [2.24, 2.45) is 0 Å². The number of nitrogens with zero attached hydrogens (tertiary/aromatic N) is 3. The van der Waals surface area contributed by atoms with E-state index in [9.17, 15) is 0 Å². The summed E-state index contributed by atoms with van der Waals surface area (Å²) in [5.74, 6) is 2.47. The van der Waals surface area contributed by atoms with Crippen LogP contribution in [0.5, 0.6) is 11.5 Å². The first-order chi connectivity index (χ1) is 12.7. The molecule has 1 aliphatic heterocycles. The third-order valence-corrected chi connectivity index (χ3v) is 4.77. The molecule has 0 saturated carbocycles. The summed E-state index contributed by atoms with van der Waals surface area (Å²) in [6, 6.07) is 14.4. The van der Waals surface area contributed by atoms with Gasteiger partial charge in [-0.2, -0.15) is 4.98 Å². The zero-order valence-corrected chi connectivity index (χ0v) is 15.1. The molecule has 0 unspecified atom stereocenters. The maximum absolute atomic E-state index is 5.51. The second-order valence-electron chi connectivity index (χ2n) is 6.39. The molecular weight excluding hydrogens is 330 g/mol. The van der Waals surface area contributed by atoms with Gasteiger partial charge >= 0.3 is 0 Å². The summed E-state index contributed by atoms with van der Waals surface area (Å²) < 4.78 is 16.2. The largest absolute Gasteiger partial charge is 0.497 e.